The van der Waals surface area contributed by atoms with Crippen LogP contribution in [0.25, 0.3) is 0 Å². The third kappa shape index (κ3) is 1.20. The summed E-state index contributed by atoms with van der Waals surface area (Å²) in [6.07, 6.45) is 4.67. The molecule has 47 valence electrons. The summed E-state index contributed by atoms with van der Waals surface area (Å²) >= 11 is 0. The molecule has 0 aliphatic heterocycles. The van der Waals surface area contributed by atoms with Gasteiger partial charge in [-0.15, -0.1) is 0 Å². The van der Waals surface area contributed by atoms with Crippen LogP contribution in [-0.2, 0) is 0 Å². The Labute approximate surface area is 49.7 Å². The molecule has 1 saturated carbocycles. The minimum Gasteiger partial charge on any atom is -0.391 e. The Bertz CT molecular complexity index is 64.9. The van der Waals surface area contributed by atoms with Crippen LogP contribution in [-0.4, -0.2) is 17.3 Å². The summed E-state index contributed by atoms with van der Waals surface area (Å²) in [4.78, 5) is 0. The number of aliphatic hydroxyl groups is 1. The Hall–Kier alpha value is -0.0800. The molecule has 0 bridgehead atoms. The predicted molar refractivity (Wildman–Crippen MR) is 32.1 cm³/mol. The molecule has 1 aliphatic carbocycles. The van der Waals surface area contributed by atoms with Crippen LogP contribution in [0.4, 0.5) is 0 Å². The molecule has 2 atom stereocenters. The van der Waals surface area contributed by atoms with Crippen LogP contribution in [0.2, 0.25) is 0 Å². The zero-order valence-corrected chi connectivity index (χ0v) is 4.88. The van der Waals surface area contributed by atoms with E-state index in [1.165, 1.54) is 0 Å². The summed E-state index contributed by atoms with van der Waals surface area (Å²) in [5.74, 6) is 0. The Kier molecular flexibility index (Phi) is 1.86. The highest BCUT2D eigenvalue weighted by molar-refractivity contribution is 4.89. The zero-order chi connectivity index (χ0) is 5.98. The van der Waals surface area contributed by atoms with E-state index in [-0.39, 0.29) is 12.1 Å². The molecular weight excluding hydrogens is 102 g/mol. The molecule has 1 fully saturated rings. The first-order valence-electron chi connectivity index (χ1n) is 3.07. The van der Waals surface area contributed by atoms with Gasteiger partial charge >= 0.3 is 0 Å². The van der Waals surface area contributed by atoms with Crippen molar-refractivity contribution in [2.75, 3.05) is 0 Å². The van der Waals surface area contributed by atoms with E-state index >= 15 is 0 Å². The van der Waals surface area contributed by atoms with Crippen molar-refractivity contribution in [3.63, 3.8) is 0 Å². The second-order valence-corrected chi connectivity index (χ2v) is 2.32. The van der Waals surface area contributed by atoms with Crippen molar-refractivity contribution in [1.82, 2.24) is 0 Å². The standard InChI is InChI=1S/C6H12NO/c7-5-3-1-2-4-6(5)8/h4-6,8H,1-3,7H2/t5-,6+/m0/s1. The molecule has 0 heterocycles. The Balaban J connectivity index is 2.28. The van der Waals surface area contributed by atoms with Crippen molar-refractivity contribution in [1.29, 1.82) is 0 Å². The topological polar surface area (TPSA) is 46.2 Å². The van der Waals surface area contributed by atoms with Crippen molar-refractivity contribution >= 4 is 0 Å². The molecule has 2 nitrogen and oxygen atoms in total. The number of rotatable bonds is 0. The molecule has 8 heavy (non-hydrogen) atoms. The van der Waals surface area contributed by atoms with Crippen LogP contribution in [0.5, 0.6) is 0 Å². The maximum Gasteiger partial charge on any atom is 0.0722 e. The Morgan fingerprint density at radius 3 is 2.75 bits per heavy atom. The molecule has 3 N–H and O–H groups in total. The van der Waals surface area contributed by atoms with Crippen LogP contribution < -0.4 is 5.73 Å². The summed E-state index contributed by atoms with van der Waals surface area (Å²) in [6, 6.07) is 0.00347. The lowest BCUT2D eigenvalue weighted by Crippen LogP contribution is -2.37. The van der Waals surface area contributed by atoms with Crippen molar-refractivity contribution in [3.8, 4) is 0 Å². The first kappa shape index (κ1) is 6.05. The van der Waals surface area contributed by atoms with E-state index in [1.54, 1.807) is 0 Å². The predicted octanol–water partition coefficient (Wildman–Crippen LogP) is 0.0628. The normalized spacial score (nSPS) is 39.8. The second-order valence-electron chi connectivity index (χ2n) is 2.32. The monoisotopic (exact) mass is 114 g/mol. The summed E-state index contributed by atoms with van der Waals surface area (Å²) in [7, 11) is 0. The molecule has 0 unspecified atom stereocenters. The van der Waals surface area contributed by atoms with Gasteiger partial charge in [0.25, 0.3) is 0 Å². The number of aliphatic hydroxyl groups excluding tert-OH is 1. The highest BCUT2D eigenvalue weighted by Gasteiger charge is 2.18. The van der Waals surface area contributed by atoms with Gasteiger partial charge in [-0.3, -0.25) is 0 Å². The maximum atomic E-state index is 9.00. The van der Waals surface area contributed by atoms with Crippen LogP contribution in [0.15, 0.2) is 0 Å². The van der Waals surface area contributed by atoms with E-state index in [1.807, 2.05) is 6.42 Å². The van der Waals surface area contributed by atoms with Crippen LogP contribution >= 0.6 is 0 Å². The van der Waals surface area contributed by atoms with E-state index in [0.717, 1.165) is 19.3 Å². The molecule has 1 radical (unpaired) electrons. The summed E-state index contributed by atoms with van der Waals surface area (Å²) in [5.41, 5.74) is 5.50. The van der Waals surface area contributed by atoms with Crippen molar-refractivity contribution in [3.05, 3.63) is 6.42 Å². The van der Waals surface area contributed by atoms with Gasteiger partial charge < -0.3 is 10.8 Å². The maximum absolute atomic E-state index is 9.00. The third-order valence-electron chi connectivity index (χ3n) is 1.59. The lowest BCUT2D eigenvalue weighted by Gasteiger charge is -2.22. The largest absolute Gasteiger partial charge is 0.391 e. The van der Waals surface area contributed by atoms with Gasteiger partial charge in [-0.1, -0.05) is 6.42 Å². The van der Waals surface area contributed by atoms with Crippen LogP contribution in [0, 0.1) is 6.42 Å². The lowest BCUT2D eigenvalue weighted by molar-refractivity contribution is 0.151. The van der Waals surface area contributed by atoms with Crippen LogP contribution in [0.3, 0.4) is 0 Å². The van der Waals surface area contributed by atoms with Gasteiger partial charge in [-0.25, -0.2) is 0 Å². The van der Waals surface area contributed by atoms with Crippen LogP contribution in [0.1, 0.15) is 19.3 Å². The lowest BCUT2D eigenvalue weighted by atomic mass is 9.94. The first-order chi connectivity index (χ1) is 3.80. The fourth-order valence-corrected chi connectivity index (χ4v) is 0.988. The summed E-state index contributed by atoms with van der Waals surface area (Å²) in [6.45, 7) is 0. The van der Waals surface area contributed by atoms with Gasteiger partial charge in [-0.05, 0) is 19.3 Å². The van der Waals surface area contributed by atoms with Crippen molar-refractivity contribution in [2.24, 2.45) is 5.73 Å². The molecule has 0 aromatic rings. The van der Waals surface area contributed by atoms with E-state index in [2.05, 4.69) is 0 Å². The first-order valence-corrected chi connectivity index (χ1v) is 3.07. The average molecular weight is 114 g/mol. The van der Waals surface area contributed by atoms with Gasteiger partial charge in [0.15, 0.2) is 0 Å². The average Bonchev–Trinajstić information content (AvgIpc) is 1.77. The summed E-state index contributed by atoms with van der Waals surface area (Å²) < 4.78 is 0. The fraction of sp³-hybridized carbons (Fsp3) is 0.833. The molecule has 0 amide bonds. The van der Waals surface area contributed by atoms with E-state index in [0.29, 0.717) is 0 Å². The van der Waals surface area contributed by atoms with Gasteiger partial charge in [0.2, 0.25) is 0 Å². The highest BCUT2D eigenvalue weighted by atomic mass is 16.3. The summed E-state index contributed by atoms with van der Waals surface area (Å²) in [5, 5.41) is 9.00. The SMILES string of the molecule is N[C@H]1CCC[CH][C@H]1O. The van der Waals surface area contributed by atoms with Gasteiger partial charge in [0, 0.05) is 6.04 Å². The highest BCUT2D eigenvalue weighted by Crippen LogP contribution is 2.14. The minimum atomic E-state index is -0.344. The zero-order valence-electron chi connectivity index (χ0n) is 4.88. The van der Waals surface area contributed by atoms with Crippen molar-refractivity contribution < 1.29 is 5.11 Å². The van der Waals surface area contributed by atoms with E-state index < -0.39 is 0 Å². The molecule has 1 aliphatic rings. The third-order valence-corrected chi connectivity index (χ3v) is 1.59. The fourth-order valence-electron chi connectivity index (χ4n) is 0.988. The van der Waals surface area contributed by atoms with Gasteiger partial charge in [0.1, 0.15) is 0 Å². The number of hydrogen-bond donors (Lipinski definition) is 2. The second kappa shape index (κ2) is 2.46. The number of nitrogens with two attached hydrogens (primary N) is 1. The molecule has 0 saturated heterocycles. The molecular formula is C6H12NO. The van der Waals surface area contributed by atoms with Gasteiger partial charge in [-0.2, -0.15) is 0 Å². The number of hydrogen-bond acceptors (Lipinski definition) is 2. The Morgan fingerprint density at radius 1 is 1.62 bits per heavy atom. The van der Waals surface area contributed by atoms with E-state index in [4.69, 9.17) is 10.8 Å². The molecule has 2 heteroatoms. The van der Waals surface area contributed by atoms with Gasteiger partial charge in [0.05, 0.1) is 6.10 Å². The van der Waals surface area contributed by atoms with Crippen molar-refractivity contribution in [2.45, 2.75) is 31.4 Å². The smallest absolute Gasteiger partial charge is 0.0722 e. The van der Waals surface area contributed by atoms with E-state index in [9.17, 15) is 0 Å². The Morgan fingerprint density at radius 2 is 2.38 bits per heavy atom. The molecule has 1 rings (SSSR count). The quantitative estimate of drug-likeness (QED) is 0.468. The minimum absolute atomic E-state index is 0.00347. The molecule has 0 spiro atoms. The molecule has 0 aromatic heterocycles. The molecule has 0 aromatic carbocycles.